The minimum Gasteiger partial charge on any atom is -0.336 e. The zero-order valence-electron chi connectivity index (χ0n) is 11.9. The largest absolute Gasteiger partial charge is 0.336 e. The monoisotopic (exact) mass is 369 g/mol. The molecule has 2 N–H and O–H groups in total. The molecule has 0 bridgehead atoms. The van der Waals surface area contributed by atoms with Crippen molar-refractivity contribution in [1.29, 1.82) is 0 Å². The van der Waals surface area contributed by atoms with Gasteiger partial charge in [-0.15, -0.1) is 5.10 Å². The van der Waals surface area contributed by atoms with Gasteiger partial charge in [0.15, 0.2) is 5.82 Å². The third-order valence-electron chi connectivity index (χ3n) is 3.52. The van der Waals surface area contributed by atoms with Gasteiger partial charge >= 0.3 is 0 Å². The molecule has 0 amide bonds. The van der Waals surface area contributed by atoms with Crippen LogP contribution in [0, 0.1) is 0 Å². The Morgan fingerprint density at radius 2 is 2.00 bits per heavy atom. The lowest BCUT2D eigenvalue weighted by molar-refractivity contribution is 0.403. The normalized spacial score (nSPS) is 22.6. The van der Waals surface area contributed by atoms with Crippen LogP contribution in [0.25, 0.3) is 11.4 Å². The van der Waals surface area contributed by atoms with E-state index in [1.54, 1.807) is 0 Å². The number of halogens is 2. The Kier molecular flexibility index (Phi) is 4.19. The van der Waals surface area contributed by atoms with E-state index in [2.05, 4.69) is 55.2 Å². The van der Waals surface area contributed by atoms with Crippen molar-refractivity contribution in [3.05, 3.63) is 27.7 Å². The summed E-state index contributed by atoms with van der Waals surface area (Å²) in [4.78, 5) is 6.79. The molecule has 2 atom stereocenters. The molecule has 2 unspecified atom stereocenters. The molecule has 0 aliphatic carbocycles. The van der Waals surface area contributed by atoms with Crippen molar-refractivity contribution < 1.29 is 0 Å². The number of hydrogen-bond acceptors (Lipinski definition) is 4. The number of nitrogens with zero attached hydrogens (tertiary/aromatic N) is 3. The Bertz CT molecular complexity index is 634. The van der Waals surface area contributed by atoms with Gasteiger partial charge in [-0.1, -0.05) is 17.7 Å². The predicted octanol–water partition coefficient (Wildman–Crippen LogP) is 3.07. The Labute approximate surface area is 137 Å². The molecule has 0 spiro atoms. The summed E-state index contributed by atoms with van der Waals surface area (Å²) in [6.45, 7) is 6.13. The van der Waals surface area contributed by atoms with Crippen molar-refractivity contribution in [1.82, 2.24) is 20.5 Å². The van der Waals surface area contributed by atoms with Gasteiger partial charge in [-0.25, -0.2) is 0 Å². The highest BCUT2D eigenvalue weighted by molar-refractivity contribution is 9.10. The van der Waals surface area contributed by atoms with Crippen LogP contribution < -0.4 is 10.2 Å². The van der Waals surface area contributed by atoms with Gasteiger partial charge in [0.05, 0.1) is 5.02 Å². The predicted molar refractivity (Wildman–Crippen MR) is 88.8 cm³/mol. The summed E-state index contributed by atoms with van der Waals surface area (Å²) in [7, 11) is 0. The van der Waals surface area contributed by atoms with Crippen LogP contribution in [0.3, 0.4) is 0 Å². The van der Waals surface area contributed by atoms with Gasteiger partial charge in [0.2, 0.25) is 5.95 Å². The maximum Gasteiger partial charge on any atom is 0.245 e. The summed E-state index contributed by atoms with van der Waals surface area (Å²) >= 11 is 9.74. The van der Waals surface area contributed by atoms with Gasteiger partial charge in [0, 0.05) is 35.2 Å². The van der Waals surface area contributed by atoms with E-state index in [0.717, 1.165) is 29.1 Å². The summed E-state index contributed by atoms with van der Waals surface area (Å²) in [6, 6.07) is 6.61. The molecular formula is C14H17BrClN5. The minimum atomic E-state index is 0.421. The molecule has 5 nitrogen and oxygen atoms in total. The number of rotatable bonds is 2. The lowest BCUT2D eigenvalue weighted by atomic mass is 10.1. The van der Waals surface area contributed by atoms with Gasteiger partial charge in [0.25, 0.3) is 0 Å². The van der Waals surface area contributed by atoms with Crippen LogP contribution in [0.1, 0.15) is 13.8 Å². The van der Waals surface area contributed by atoms with Crippen molar-refractivity contribution in [3.8, 4) is 11.4 Å². The van der Waals surface area contributed by atoms with E-state index in [0.29, 0.717) is 22.9 Å². The number of anilines is 1. The summed E-state index contributed by atoms with van der Waals surface area (Å²) in [5.41, 5.74) is 0.848. The van der Waals surface area contributed by atoms with Crippen LogP contribution in [-0.4, -0.2) is 40.4 Å². The van der Waals surface area contributed by atoms with Crippen molar-refractivity contribution in [2.45, 2.75) is 25.9 Å². The average molecular weight is 371 g/mol. The quantitative estimate of drug-likeness (QED) is 0.853. The third-order valence-corrected chi connectivity index (χ3v) is 4.82. The van der Waals surface area contributed by atoms with Gasteiger partial charge < -0.3 is 10.2 Å². The van der Waals surface area contributed by atoms with Crippen LogP contribution in [-0.2, 0) is 0 Å². The second-order valence-corrected chi connectivity index (χ2v) is 6.69. The molecule has 1 aromatic heterocycles. The topological polar surface area (TPSA) is 56.8 Å². The van der Waals surface area contributed by atoms with E-state index in [4.69, 9.17) is 11.6 Å². The average Bonchev–Trinajstić information content (AvgIpc) is 2.90. The summed E-state index contributed by atoms with van der Waals surface area (Å²) < 4.78 is 0.851. The summed E-state index contributed by atoms with van der Waals surface area (Å²) in [5.74, 6) is 1.41. The Morgan fingerprint density at radius 3 is 2.71 bits per heavy atom. The van der Waals surface area contributed by atoms with Crippen LogP contribution in [0.15, 0.2) is 22.7 Å². The molecule has 1 fully saturated rings. The third kappa shape index (κ3) is 3.07. The Morgan fingerprint density at radius 1 is 1.29 bits per heavy atom. The minimum absolute atomic E-state index is 0.421. The highest BCUT2D eigenvalue weighted by atomic mass is 79.9. The van der Waals surface area contributed by atoms with E-state index >= 15 is 0 Å². The second-order valence-electron chi connectivity index (χ2n) is 5.46. The highest BCUT2D eigenvalue weighted by Gasteiger charge is 2.24. The van der Waals surface area contributed by atoms with Gasteiger partial charge in [-0.3, -0.25) is 5.10 Å². The van der Waals surface area contributed by atoms with Gasteiger partial charge in [-0.05, 0) is 41.9 Å². The molecule has 2 heterocycles. The molecule has 21 heavy (non-hydrogen) atoms. The van der Waals surface area contributed by atoms with Crippen LogP contribution >= 0.6 is 27.5 Å². The molecule has 1 aromatic carbocycles. The fraction of sp³-hybridized carbons (Fsp3) is 0.429. The lowest BCUT2D eigenvalue weighted by Crippen LogP contribution is -2.54. The number of aromatic amines is 1. The smallest absolute Gasteiger partial charge is 0.245 e. The van der Waals surface area contributed by atoms with E-state index in [1.165, 1.54) is 0 Å². The number of benzene rings is 1. The summed E-state index contributed by atoms with van der Waals surface area (Å²) in [5, 5.41) is 11.5. The van der Waals surface area contributed by atoms with Crippen LogP contribution in [0.4, 0.5) is 5.95 Å². The van der Waals surface area contributed by atoms with E-state index in [-0.39, 0.29) is 0 Å². The molecule has 7 heteroatoms. The maximum absolute atomic E-state index is 6.31. The van der Waals surface area contributed by atoms with E-state index < -0.39 is 0 Å². The maximum atomic E-state index is 6.31. The molecule has 2 aromatic rings. The molecular weight excluding hydrogens is 354 g/mol. The number of nitrogens with one attached hydrogen (secondary N) is 2. The lowest BCUT2D eigenvalue weighted by Gasteiger charge is -2.35. The fourth-order valence-electron chi connectivity index (χ4n) is 2.69. The number of H-pyrrole nitrogens is 1. The first kappa shape index (κ1) is 14.8. The van der Waals surface area contributed by atoms with Gasteiger partial charge in [0.1, 0.15) is 0 Å². The highest BCUT2D eigenvalue weighted by Crippen LogP contribution is 2.32. The first-order valence-electron chi connectivity index (χ1n) is 6.92. The number of aromatic nitrogens is 3. The SMILES string of the molecule is CC1CN(c2n[nH]c(-c3cccc(Br)c3Cl)n2)CC(C)N1. The fourth-order valence-corrected chi connectivity index (χ4v) is 3.27. The molecule has 1 saturated heterocycles. The van der Waals surface area contributed by atoms with Gasteiger partial charge in [-0.2, -0.15) is 4.98 Å². The van der Waals surface area contributed by atoms with E-state index in [1.807, 2.05) is 18.2 Å². The molecule has 0 radical (unpaired) electrons. The number of hydrogen-bond donors (Lipinski definition) is 2. The molecule has 3 rings (SSSR count). The van der Waals surface area contributed by atoms with Crippen molar-refractivity contribution >= 4 is 33.5 Å². The molecule has 0 saturated carbocycles. The first-order chi connectivity index (χ1) is 10.0. The molecule has 112 valence electrons. The molecule has 1 aliphatic heterocycles. The number of piperazine rings is 1. The van der Waals surface area contributed by atoms with Crippen LogP contribution in [0.5, 0.6) is 0 Å². The first-order valence-corrected chi connectivity index (χ1v) is 8.09. The van der Waals surface area contributed by atoms with Crippen molar-refractivity contribution in [2.24, 2.45) is 0 Å². The zero-order chi connectivity index (χ0) is 15.0. The second kappa shape index (κ2) is 5.94. The van der Waals surface area contributed by atoms with Crippen molar-refractivity contribution in [3.63, 3.8) is 0 Å². The zero-order valence-corrected chi connectivity index (χ0v) is 14.2. The molecule has 1 aliphatic rings. The van der Waals surface area contributed by atoms with E-state index in [9.17, 15) is 0 Å². The van der Waals surface area contributed by atoms with Crippen molar-refractivity contribution in [2.75, 3.05) is 18.0 Å². The van der Waals surface area contributed by atoms with Crippen LogP contribution in [0.2, 0.25) is 5.02 Å². The Hall–Kier alpha value is -1.11. The Balaban J connectivity index is 1.88. The standard InChI is InChI=1S/C14H17BrClN5/c1-8-6-21(7-9(2)17-8)14-18-13(19-20-14)10-4-3-5-11(15)12(10)16/h3-5,8-9,17H,6-7H2,1-2H3,(H,18,19,20). The summed E-state index contributed by atoms with van der Waals surface area (Å²) in [6.07, 6.45) is 0.